The summed E-state index contributed by atoms with van der Waals surface area (Å²) in [5.41, 5.74) is 2.42. The summed E-state index contributed by atoms with van der Waals surface area (Å²) in [4.78, 5) is 28.7. The summed E-state index contributed by atoms with van der Waals surface area (Å²) in [7, 11) is 0. The predicted octanol–water partition coefficient (Wildman–Crippen LogP) is 4.56. The SMILES string of the molecule is O=C(NC(c1ccccc1)C(C(=O)N1CCCC1)c1ccccc1)c1ccccc1. The lowest BCUT2D eigenvalue weighted by Gasteiger charge is -2.31. The number of nitrogens with one attached hydrogen (secondary N) is 1. The van der Waals surface area contributed by atoms with Gasteiger partial charge in [-0.15, -0.1) is 0 Å². The van der Waals surface area contributed by atoms with Crippen LogP contribution in [0.1, 0.15) is 46.3 Å². The molecule has 0 aromatic heterocycles. The minimum atomic E-state index is -0.487. The molecule has 1 saturated heterocycles. The second-order valence-electron chi connectivity index (χ2n) is 7.65. The number of nitrogens with zero attached hydrogens (tertiary/aromatic N) is 1. The number of carbonyl (C=O) groups is 2. The van der Waals surface area contributed by atoms with Crippen LogP contribution in [0.3, 0.4) is 0 Å². The third kappa shape index (κ3) is 4.43. The van der Waals surface area contributed by atoms with Crippen molar-refractivity contribution in [1.29, 1.82) is 0 Å². The van der Waals surface area contributed by atoms with Crippen LogP contribution < -0.4 is 5.32 Å². The molecule has 4 heteroatoms. The van der Waals surface area contributed by atoms with Crippen molar-refractivity contribution in [3.05, 3.63) is 108 Å². The Bertz CT molecular complexity index is 968. The molecule has 1 fully saturated rings. The van der Waals surface area contributed by atoms with Crippen molar-refractivity contribution >= 4 is 11.8 Å². The quantitative estimate of drug-likeness (QED) is 0.662. The van der Waals surface area contributed by atoms with Crippen LogP contribution in [0.2, 0.25) is 0 Å². The fraction of sp³-hybridized carbons (Fsp3) is 0.231. The average Bonchev–Trinajstić information content (AvgIpc) is 3.35. The van der Waals surface area contributed by atoms with E-state index in [9.17, 15) is 9.59 Å². The van der Waals surface area contributed by atoms with Crippen molar-refractivity contribution < 1.29 is 9.59 Å². The molecule has 4 nitrogen and oxygen atoms in total. The van der Waals surface area contributed by atoms with E-state index in [0.717, 1.165) is 37.1 Å². The molecule has 1 aliphatic heterocycles. The molecule has 30 heavy (non-hydrogen) atoms. The number of hydrogen-bond acceptors (Lipinski definition) is 2. The third-order valence-corrected chi connectivity index (χ3v) is 5.66. The molecule has 1 heterocycles. The number of carbonyl (C=O) groups excluding carboxylic acids is 2. The smallest absolute Gasteiger partial charge is 0.251 e. The highest BCUT2D eigenvalue weighted by atomic mass is 16.2. The normalized spacial score (nSPS) is 15.4. The highest BCUT2D eigenvalue weighted by Crippen LogP contribution is 2.34. The topological polar surface area (TPSA) is 49.4 Å². The molecule has 3 aromatic rings. The summed E-state index contributed by atoms with van der Waals surface area (Å²) in [5, 5.41) is 3.17. The monoisotopic (exact) mass is 398 g/mol. The maximum Gasteiger partial charge on any atom is 0.251 e. The standard InChI is InChI=1S/C26H26N2O2/c29-25(22-16-8-3-9-17-22)27-24(21-14-6-2-7-15-21)23(20-12-4-1-5-13-20)26(30)28-18-10-11-19-28/h1-9,12-17,23-24H,10-11,18-19H2,(H,27,29). The minimum Gasteiger partial charge on any atom is -0.344 e. The van der Waals surface area contributed by atoms with E-state index in [2.05, 4.69) is 5.32 Å². The van der Waals surface area contributed by atoms with Gasteiger partial charge >= 0.3 is 0 Å². The van der Waals surface area contributed by atoms with Gasteiger partial charge in [0.2, 0.25) is 5.91 Å². The molecule has 1 aliphatic rings. The first kappa shape index (κ1) is 19.9. The summed E-state index contributed by atoms with van der Waals surface area (Å²) in [6.07, 6.45) is 2.05. The Kier molecular flexibility index (Phi) is 6.23. The third-order valence-electron chi connectivity index (χ3n) is 5.66. The van der Waals surface area contributed by atoms with Crippen LogP contribution >= 0.6 is 0 Å². The van der Waals surface area contributed by atoms with Gasteiger partial charge in [-0.05, 0) is 36.1 Å². The van der Waals surface area contributed by atoms with Gasteiger partial charge in [-0.2, -0.15) is 0 Å². The Morgan fingerprint density at radius 2 is 1.20 bits per heavy atom. The summed E-state index contributed by atoms with van der Waals surface area (Å²) < 4.78 is 0. The fourth-order valence-corrected chi connectivity index (χ4v) is 4.11. The summed E-state index contributed by atoms with van der Waals surface area (Å²) >= 11 is 0. The Morgan fingerprint density at radius 1 is 0.700 bits per heavy atom. The lowest BCUT2D eigenvalue weighted by molar-refractivity contribution is -0.132. The first-order chi connectivity index (χ1) is 14.7. The van der Waals surface area contributed by atoms with E-state index in [1.165, 1.54) is 0 Å². The van der Waals surface area contributed by atoms with Gasteiger partial charge in [0.05, 0.1) is 12.0 Å². The highest BCUT2D eigenvalue weighted by molar-refractivity contribution is 5.95. The van der Waals surface area contributed by atoms with E-state index >= 15 is 0 Å². The molecule has 2 unspecified atom stereocenters. The number of amides is 2. The van der Waals surface area contributed by atoms with Crippen molar-refractivity contribution in [1.82, 2.24) is 10.2 Å². The molecule has 0 radical (unpaired) electrons. The van der Waals surface area contributed by atoms with Gasteiger partial charge in [-0.1, -0.05) is 78.9 Å². The minimum absolute atomic E-state index is 0.0703. The van der Waals surface area contributed by atoms with Crippen molar-refractivity contribution in [3.8, 4) is 0 Å². The van der Waals surface area contributed by atoms with Gasteiger partial charge in [0.1, 0.15) is 0 Å². The molecule has 1 N–H and O–H groups in total. The Hall–Kier alpha value is -3.40. The highest BCUT2D eigenvalue weighted by Gasteiger charge is 2.36. The molecule has 3 aromatic carbocycles. The van der Waals surface area contributed by atoms with E-state index in [1.54, 1.807) is 12.1 Å². The van der Waals surface area contributed by atoms with Crippen LogP contribution in [-0.2, 0) is 4.79 Å². The van der Waals surface area contributed by atoms with E-state index in [4.69, 9.17) is 0 Å². The Morgan fingerprint density at radius 3 is 1.77 bits per heavy atom. The lowest BCUT2D eigenvalue weighted by atomic mass is 9.85. The number of benzene rings is 3. The van der Waals surface area contributed by atoms with Gasteiger partial charge in [-0.3, -0.25) is 9.59 Å². The molecule has 4 rings (SSSR count). The average molecular weight is 399 g/mol. The van der Waals surface area contributed by atoms with E-state index in [0.29, 0.717) is 5.56 Å². The largest absolute Gasteiger partial charge is 0.344 e. The molecule has 152 valence electrons. The summed E-state index contributed by atoms with van der Waals surface area (Å²) in [6.45, 7) is 1.55. The molecule has 2 amide bonds. The van der Waals surface area contributed by atoms with E-state index in [1.807, 2.05) is 83.8 Å². The van der Waals surface area contributed by atoms with Crippen molar-refractivity contribution in [2.24, 2.45) is 0 Å². The van der Waals surface area contributed by atoms with E-state index in [-0.39, 0.29) is 11.8 Å². The van der Waals surface area contributed by atoms with Crippen LogP contribution in [0, 0.1) is 0 Å². The maximum atomic E-state index is 13.7. The Balaban J connectivity index is 1.74. The number of likely N-dealkylation sites (tertiary alicyclic amines) is 1. The van der Waals surface area contributed by atoms with Crippen LogP contribution in [0.15, 0.2) is 91.0 Å². The first-order valence-corrected chi connectivity index (χ1v) is 10.5. The van der Waals surface area contributed by atoms with Crippen molar-refractivity contribution in [2.45, 2.75) is 24.8 Å². The van der Waals surface area contributed by atoms with Crippen molar-refractivity contribution in [3.63, 3.8) is 0 Å². The summed E-state index contributed by atoms with van der Waals surface area (Å²) in [5.74, 6) is -0.597. The second-order valence-corrected chi connectivity index (χ2v) is 7.65. The lowest BCUT2D eigenvalue weighted by Crippen LogP contribution is -2.41. The fourth-order valence-electron chi connectivity index (χ4n) is 4.11. The van der Waals surface area contributed by atoms with Crippen LogP contribution in [0.25, 0.3) is 0 Å². The van der Waals surface area contributed by atoms with Gasteiger partial charge in [0.15, 0.2) is 0 Å². The van der Waals surface area contributed by atoms with Gasteiger partial charge in [0, 0.05) is 18.7 Å². The molecule has 0 spiro atoms. The van der Waals surface area contributed by atoms with Crippen LogP contribution in [0.4, 0.5) is 0 Å². The molecule has 0 aliphatic carbocycles. The first-order valence-electron chi connectivity index (χ1n) is 10.5. The van der Waals surface area contributed by atoms with Crippen molar-refractivity contribution in [2.75, 3.05) is 13.1 Å². The zero-order valence-corrected chi connectivity index (χ0v) is 16.9. The van der Waals surface area contributed by atoms with Gasteiger partial charge < -0.3 is 10.2 Å². The van der Waals surface area contributed by atoms with Gasteiger partial charge in [0.25, 0.3) is 5.91 Å². The van der Waals surface area contributed by atoms with Gasteiger partial charge in [-0.25, -0.2) is 0 Å². The van der Waals surface area contributed by atoms with Crippen LogP contribution in [-0.4, -0.2) is 29.8 Å². The number of hydrogen-bond donors (Lipinski definition) is 1. The zero-order valence-electron chi connectivity index (χ0n) is 16.9. The number of rotatable bonds is 6. The molecule has 0 bridgehead atoms. The summed E-state index contributed by atoms with van der Waals surface area (Å²) in [6, 6.07) is 28.3. The van der Waals surface area contributed by atoms with E-state index < -0.39 is 12.0 Å². The molecular formula is C26H26N2O2. The van der Waals surface area contributed by atoms with Crippen LogP contribution in [0.5, 0.6) is 0 Å². The molecule has 2 atom stereocenters. The maximum absolute atomic E-state index is 13.7. The second kappa shape index (κ2) is 9.40. The zero-order chi connectivity index (χ0) is 20.8. The molecular weight excluding hydrogens is 372 g/mol. The molecule has 0 saturated carbocycles. The predicted molar refractivity (Wildman–Crippen MR) is 118 cm³/mol. The Labute approximate surface area is 177 Å².